The van der Waals surface area contributed by atoms with Gasteiger partial charge in [-0.1, -0.05) is 109 Å². The maximum absolute atomic E-state index is 6.56. The topological polar surface area (TPSA) is 74.6 Å². The molecular weight excluding hydrogens is 653 g/mol. The first kappa shape index (κ1) is 28.3. The number of aromatic nitrogens is 6. The maximum Gasteiger partial charge on any atom is 0.236 e. The number of benzene rings is 7. The number of rotatable bonds is 3. The van der Waals surface area contributed by atoms with E-state index in [1.54, 1.807) is 0 Å². The highest BCUT2D eigenvalue weighted by Crippen LogP contribution is 2.43. The van der Waals surface area contributed by atoms with Gasteiger partial charge in [0.05, 0.1) is 27.6 Å². The molecule has 0 aliphatic heterocycles. The van der Waals surface area contributed by atoms with Crippen LogP contribution in [0.3, 0.4) is 0 Å². The zero-order valence-electron chi connectivity index (χ0n) is 28.1. The van der Waals surface area contributed by atoms with Crippen LogP contribution in [0.1, 0.15) is 0 Å². The maximum atomic E-state index is 6.56. The van der Waals surface area contributed by atoms with Gasteiger partial charge in [-0.05, 0) is 53.2 Å². The Balaban J connectivity index is 1.21. The van der Waals surface area contributed by atoms with Crippen LogP contribution in [-0.4, -0.2) is 29.1 Å². The quantitative estimate of drug-likeness (QED) is 0.186. The Labute approximate surface area is 301 Å². The molecule has 0 radical (unpaired) electrons. The lowest BCUT2D eigenvalue weighted by Crippen LogP contribution is -2.03. The van der Waals surface area contributed by atoms with Crippen LogP contribution in [0.5, 0.6) is 0 Å². The first-order valence-electron chi connectivity index (χ1n) is 17.7. The van der Waals surface area contributed by atoms with Crippen LogP contribution in [0.15, 0.2) is 162 Å². The second kappa shape index (κ2) is 10.6. The Morgan fingerprint density at radius 2 is 1.04 bits per heavy atom. The first-order chi connectivity index (χ1) is 26.3. The van der Waals surface area contributed by atoms with Crippen LogP contribution in [0, 0.1) is 0 Å². The molecule has 0 bridgehead atoms. The van der Waals surface area contributed by atoms with E-state index in [2.05, 4.69) is 118 Å². The molecule has 7 aromatic carbocycles. The van der Waals surface area contributed by atoms with Gasteiger partial charge in [-0.15, -0.1) is 0 Å². The smallest absolute Gasteiger partial charge is 0.236 e. The highest BCUT2D eigenvalue weighted by Gasteiger charge is 2.24. The van der Waals surface area contributed by atoms with Crippen LogP contribution in [0.2, 0.25) is 0 Å². The third kappa shape index (κ3) is 3.93. The second-order valence-electron chi connectivity index (χ2n) is 13.5. The standard InChI is InChI=1S/C46H26N6O/c1-3-15-29-27(12-1)14-11-19-30(29)42-44-43(33-18-6-10-23-39(33)53-44)50-46(49-42)52-36-22-9-5-17-32(36)41-38(52)25-24-37-40(41)31-16-4-8-21-35(31)51(37)45-47-26-28-13-2-7-20-34(28)48-45/h1-26H. The summed E-state index contributed by atoms with van der Waals surface area (Å²) in [6.45, 7) is 0. The van der Waals surface area contributed by atoms with Crippen LogP contribution in [-0.2, 0) is 0 Å². The molecule has 5 heterocycles. The van der Waals surface area contributed by atoms with Gasteiger partial charge in [0.1, 0.15) is 16.8 Å². The van der Waals surface area contributed by atoms with Crippen LogP contribution < -0.4 is 0 Å². The Hall–Kier alpha value is -7.38. The van der Waals surface area contributed by atoms with E-state index in [1.165, 1.54) is 0 Å². The third-order valence-corrected chi connectivity index (χ3v) is 10.6. The molecule has 7 heteroatoms. The lowest BCUT2D eigenvalue weighted by Gasteiger charge is -2.11. The fourth-order valence-corrected chi connectivity index (χ4v) is 8.31. The highest BCUT2D eigenvalue weighted by molar-refractivity contribution is 6.28. The van der Waals surface area contributed by atoms with Gasteiger partial charge in [-0.2, -0.15) is 0 Å². The molecule has 0 aliphatic rings. The van der Waals surface area contributed by atoms with Crippen molar-refractivity contribution in [1.82, 2.24) is 29.1 Å². The molecule has 7 nitrogen and oxygen atoms in total. The molecule has 0 spiro atoms. The van der Waals surface area contributed by atoms with E-state index in [9.17, 15) is 0 Å². The van der Waals surface area contributed by atoms with Gasteiger partial charge in [-0.3, -0.25) is 9.13 Å². The number of nitrogens with zero attached hydrogens (tertiary/aromatic N) is 6. The summed E-state index contributed by atoms with van der Waals surface area (Å²) in [5, 5.41) is 8.70. The number of hydrogen-bond acceptors (Lipinski definition) is 5. The van der Waals surface area contributed by atoms with Crippen LogP contribution >= 0.6 is 0 Å². The Kier molecular flexibility index (Phi) is 5.65. The van der Waals surface area contributed by atoms with Crippen LogP contribution in [0.25, 0.3) is 111 Å². The number of furan rings is 1. The molecule has 12 aromatic rings. The molecule has 0 aliphatic carbocycles. The molecule has 0 fully saturated rings. The molecule has 246 valence electrons. The predicted molar refractivity (Wildman–Crippen MR) is 214 cm³/mol. The molecule has 5 aromatic heterocycles. The summed E-state index contributed by atoms with van der Waals surface area (Å²) in [5.41, 5.74) is 9.01. The van der Waals surface area contributed by atoms with Gasteiger partial charge >= 0.3 is 0 Å². The minimum absolute atomic E-state index is 0.583. The van der Waals surface area contributed by atoms with E-state index >= 15 is 0 Å². The van der Waals surface area contributed by atoms with Gasteiger partial charge in [0, 0.05) is 44.1 Å². The summed E-state index contributed by atoms with van der Waals surface area (Å²) >= 11 is 0. The molecule has 12 rings (SSSR count). The fourth-order valence-electron chi connectivity index (χ4n) is 8.31. The molecule has 0 N–H and O–H groups in total. The van der Waals surface area contributed by atoms with Gasteiger partial charge in [-0.25, -0.2) is 19.9 Å². The van der Waals surface area contributed by atoms with Crippen molar-refractivity contribution in [3.8, 4) is 23.2 Å². The zero-order chi connectivity index (χ0) is 34.6. The molecular formula is C46H26N6O. The average molecular weight is 679 g/mol. The Morgan fingerprint density at radius 1 is 0.434 bits per heavy atom. The molecule has 0 saturated carbocycles. The van der Waals surface area contributed by atoms with E-state index in [0.29, 0.717) is 17.5 Å². The SMILES string of the molecule is c1ccc2nc(-n3c4ccccc4c4c5c6ccccc6n(-c6nc(-c7cccc8ccccc78)c7oc8ccccc8c7n6)c5ccc43)ncc2c1. The predicted octanol–water partition coefficient (Wildman–Crippen LogP) is 11.3. The third-order valence-electron chi connectivity index (χ3n) is 10.6. The highest BCUT2D eigenvalue weighted by atomic mass is 16.3. The Bertz CT molecular complexity index is 3480. The summed E-state index contributed by atoms with van der Waals surface area (Å²) < 4.78 is 11.0. The van der Waals surface area contributed by atoms with Crippen molar-refractivity contribution in [3.63, 3.8) is 0 Å². The summed E-state index contributed by atoms with van der Waals surface area (Å²) in [5.74, 6) is 1.22. The average Bonchev–Trinajstić information content (AvgIpc) is 3.88. The van der Waals surface area contributed by atoms with Gasteiger partial charge in [0.15, 0.2) is 5.58 Å². The van der Waals surface area contributed by atoms with E-state index < -0.39 is 0 Å². The van der Waals surface area contributed by atoms with Crippen molar-refractivity contribution < 1.29 is 4.42 Å². The van der Waals surface area contributed by atoms with Crippen molar-refractivity contribution in [2.24, 2.45) is 0 Å². The fraction of sp³-hybridized carbons (Fsp3) is 0. The monoisotopic (exact) mass is 678 g/mol. The first-order valence-corrected chi connectivity index (χ1v) is 17.7. The van der Waals surface area contributed by atoms with Crippen molar-refractivity contribution in [2.75, 3.05) is 0 Å². The second-order valence-corrected chi connectivity index (χ2v) is 13.5. The summed E-state index contributed by atoms with van der Waals surface area (Å²) in [4.78, 5) is 20.7. The van der Waals surface area contributed by atoms with Gasteiger partial charge < -0.3 is 4.42 Å². The minimum atomic E-state index is 0.583. The van der Waals surface area contributed by atoms with E-state index in [0.717, 1.165) is 93.0 Å². The molecule has 0 amide bonds. The largest absolute Gasteiger partial charge is 0.452 e. The lowest BCUT2D eigenvalue weighted by atomic mass is 10.0. The molecule has 0 atom stereocenters. The van der Waals surface area contributed by atoms with Crippen LogP contribution in [0.4, 0.5) is 0 Å². The van der Waals surface area contributed by atoms with Crippen molar-refractivity contribution >= 4 is 87.4 Å². The molecule has 0 saturated heterocycles. The number of fused-ring (bicyclic) bond motifs is 12. The summed E-state index contributed by atoms with van der Waals surface area (Å²) in [7, 11) is 0. The minimum Gasteiger partial charge on any atom is -0.452 e. The zero-order valence-corrected chi connectivity index (χ0v) is 28.1. The number of hydrogen-bond donors (Lipinski definition) is 0. The normalized spacial score (nSPS) is 12.2. The molecule has 53 heavy (non-hydrogen) atoms. The van der Waals surface area contributed by atoms with E-state index in [1.807, 2.05) is 48.7 Å². The van der Waals surface area contributed by atoms with Gasteiger partial charge in [0.2, 0.25) is 11.9 Å². The lowest BCUT2D eigenvalue weighted by molar-refractivity contribution is 0.666. The molecule has 0 unspecified atom stereocenters. The van der Waals surface area contributed by atoms with Crippen molar-refractivity contribution in [1.29, 1.82) is 0 Å². The van der Waals surface area contributed by atoms with E-state index in [-0.39, 0.29) is 0 Å². The van der Waals surface area contributed by atoms with Crippen molar-refractivity contribution in [3.05, 3.63) is 158 Å². The summed E-state index contributed by atoms with van der Waals surface area (Å²) in [6.07, 6.45) is 1.91. The Morgan fingerprint density at radius 3 is 1.81 bits per heavy atom. The summed E-state index contributed by atoms with van der Waals surface area (Å²) in [6, 6.07) is 52.4. The van der Waals surface area contributed by atoms with Crippen molar-refractivity contribution in [2.45, 2.75) is 0 Å². The van der Waals surface area contributed by atoms with E-state index in [4.69, 9.17) is 24.4 Å². The number of para-hydroxylation sites is 4. The van der Waals surface area contributed by atoms with Gasteiger partial charge in [0.25, 0.3) is 0 Å².